The fourth-order valence-electron chi connectivity index (χ4n) is 11.9. The first-order chi connectivity index (χ1) is 19.2. The summed E-state index contributed by atoms with van der Waals surface area (Å²) in [4.78, 5) is 28.7. The number of aliphatic hydroxyl groups is 2. The van der Waals surface area contributed by atoms with Gasteiger partial charge in [-0.15, -0.1) is 0 Å². The van der Waals surface area contributed by atoms with Crippen LogP contribution in [-0.2, 0) is 19.0 Å². The molecular formula is C32H43NO7. The highest BCUT2D eigenvalue weighted by Crippen LogP contribution is 2.83. The number of aliphatic hydroxyl groups excluding tert-OH is 1. The van der Waals surface area contributed by atoms with Crippen LogP contribution in [0.3, 0.4) is 0 Å². The van der Waals surface area contributed by atoms with E-state index in [2.05, 4.69) is 18.7 Å². The van der Waals surface area contributed by atoms with Gasteiger partial charge in [-0.05, 0) is 62.6 Å². The van der Waals surface area contributed by atoms with Crippen LogP contribution in [0, 0.1) is 34.0 Å². The summed E-state index contributed by atoms with van der Waals surface area (Å²) >= 11 is 0. The highest BCUT2D eigenvalue weighted by molar-refractivity contribution is 5.89. The summed E-state index contributed by atoms with van der Waals surface area (Å²) in [5, 5.41) is 25.3. The Morgan fingerprint density at radius 3 is 2.50 bits per heavy atom. The van der Waals surface area contributed by atoms with E-state index < -0.39 is 46.1 Å². The van der Waals surface area contributed by atoms with E-state index in [1.54, 1.807) is 19.2 Å². The van der Waals surface area contributed by atoms with Crippen molar-refractivity contribution in [2.45, 2.75) is 95.4 Å². The van der Waals surface area contributed by atoms with Crippen LogP contribution in [-0.4, -0.2) is 83.3 Å². The molecule has 218 valence electrons. The molecule has 1 aliphatic heterocycles. The number of carbonyl (C=O) groups excluding carboxylic acids is 2. The van der Waals surface area contributed by atoms with Gasteiger partial charge in [-0.3, -0.25) is 9.69 Å². The zero-order chi connectivity index (χ0) is 28.2. The average Bonchev–Trinajstić information content (AvgIpc) is 3.50. The van der Waals surface area contributed by atoms with Crippen LogP contribution in [0.4, 0.5) is 0 Å². The van der Waals surface area contributed by atoms with Crippen LogP contribution in [0.5, 0.6) is 0 Å². The topological polar surface area (TPSA) is 106 Å². The number of esters is 2. The van der Waals surface area contributed by atoms with Crippen LogP contribution >= 0.6 is 0 Å². The Bertz CT molecular complexity index is 1210. The molecule has 0 aromatic heterocycles. The maximum absolute atomic E-state index is 13.6. The van der Waals surface area contributed by atoms with E-state index in [4.69, 9.17) is 14.2 Å². The molecule has 5 saturated carbocycles. The molecule has 5 unspecified atom stereocenters. The Hall–Kier alpha value is -2.00. The number of hydrogen-bond acceptors (Lipinski definition) is 8. The van der Waals surface area contributed by atoms with E-state index in [1.807, 2.05) is 18.2 Å². The normalized spacial score (nSPS) is 50.0. The lowest BCUT2D eigenvalue weighted by molar-refractivity contribution is -0.347. The average molecular weight is 554 g/mol. The van der Waals surface area contributed by atoms with Crippen LogP contribution in [0.15, 0.2) is 30.3 Å². The maximum Gasteiger partial charge on any atom is 0.338 e. The number of fused-ring (bicyclic) bond motifs is 1. The third kappa shape index (κ3) is 2.82. The van der Waals surface area contributed by atoms with Gasteiger partial charge in [-0.2, -0.15) is 0 Å². The van der Waals surface area contributed by atoms with Crippen LogP contribution in [0.1, 0.15) is 69.7 Å². The van der Waals surface area contributed by atoms with Gasteiger partial charge >= 0.3 is 11.9 Å². The van der Waals surface area contributed by atoms with Crippen molar-refractivity contribution in [3.8, 4) is 0 Å². The fraction of sp³-hybridized carbons (Fsp3) is 0.750. The molecule has 8 nitrogen and oxygen atoms in total. The zero-order valence-electron chi connectivity index (χ0n) is 24.0. The van der Waals surface area contributed by atoms with Gasteiger partial charge in [0.05, 0.1) is 28.8 Å². The number of carbonyl (C=O) groups is 2. The number of methoxy groups -OCH3 is 1. The lowest BCUT2D eigenvalue weighted by atomic mass is 9.38. The molecule has 40 heavy (non-hydrogen) atoms. The monoisotopic (exact) mass is 553 g/mol. The lowest BCUT2D eigenvalue weighted by Gasteiger charge is -2.73. The molecule has 1 aromatic rings. The van der Waals surface area contributed by atoms with Crippen LogP contribution in [0.2, 0.25) is 0 Å². The largest absolute Gasteiger partial charge is 0.461 e. The van der Waals surface area contributed by atoms with Crippen molar-refractivity contribution in [2.24, 2.45) is 34.0 Å². The molecule has 5 aliphatic carbocycles. The predicted molar refractivity (Wildman–Crippen MR) is 145 cm³/mol. The highest BCUT2D eigenvalue weighted by Gasteiger charge is 2.91. The molecule has 12 atom stereocenters. The number of likely N-dealkylation sites (tertiary alicyclic amines) is 1. The van der Waals surface area contributed by atoms with Crippen molar-refractivity contribution in [2.75, 3.05) is 20.2 Å². The standard InChI is InChI=1S/C32H43NO7/c1-5-29-17-33(6-2)25-21-14-22(29)32(25,24(38-4)15-23(29)35)31(37)16-20-12-13-30(31,27(21)39-18(3)34)26(20)40-28(36)19-10-8-7-9-11-19/h7-11,20-27,35,37H,5-6,12-17H2,1-4H3/t20-,21+,22+,23?,24?,25+,26?,27-,29-,30?,31-,32?/m0/s1. The first-order valence-corrected chi connectivity index (χ1v) is 15.3. The molecule has 6 fully saturated rings. The number of benzene rings is 1. The van der Waals surface area contributed by atoms with Gasteiger partial charge in [0.25, 0.3) is 0 Å². The summed E-state index contributed by atoms with van der Waals surface area (Å²) in [6, 6.07) is 8.94. The first-order valence-electron chi connectivity index (χ1n) is 15.3. The van der Waals surface area contributed by atoms with E-state index in [0.29, 0.717) is 24.8 Å². The molecule has 0 amide bonds. The van der Waals surface area contributed by atoms with Crippen LogP contribution in [0.25, 0.3) is 0 Å². The van der Waals surface area contributed by atoms with Crippen molar-refractivity contribution in [3.63, 3.8) is 0 Å². The van der Waals surface area contributed by atoms with Crippen molar-refractivity contribution < 1.29 is 34.0 Å². The molecule has 2 N–H and O–H groups in total. The molecule has 1 saturated heterocycles. The summed E-state index contributed by atoms with van der Waals surface area (Å²) in [7, 11) is 1.71. The van der Waals surface area contributed by atoms with Gasteiger partial charge in [-0.25, -0.2) is 4.79 Å². The Labute approximate surface area is 236 Å². The predicted octanol–water partition coefficient (Wildman–Crippen LogP) is 3.19. The molecular weight excluding hydrogens is 510 g/mol. The van der Waals surface area contributed by atoms with Gasteiger partial charge in [0.2, 0.25) is 0 Å². The smallest absolute Gasteiger partial charge is 0.338 e. The minimum absolute atomic E-state index is 0.00348. The van der Waals surface area contributed by atoms with Crippen molar-refractivity contribution in [1.29, 1.82) is 0 Å². The summed E-state index contributed by atoms with van der Waals surface area (Å²) in [6.07, 6.45) is 1.86. The summed E-state index contributed by atoms with van der Waals surface area (Å²) < 4.78 is 19.0. The summed E-state index contributed by atoms with van der Waals surface area (Å²) in [5.74, 6) is -0.870. The number of rotatable bonds is 6. The molecule has 6 aliphatic rings. The fourth-order valence-corrected chi connectivity index (χ4v) is 11.9. The molecule has 0 radical (unpaired) electrons. The highest BCUT2D eigenvalue weighted by atomic mass is 16.6. The Kier molecular flexibility index (Phi) is 5.88. The third-order valence-electron chi connectivity index (χ3n) is 12.9. The second-order valence-electron chi connectivity index (χ2n) is 13.6. The van der Waals surface area contributed by atoms with Gasteiger partial charge < -0.3 is 24.4 Å². The molecule has 1 aromatic carbocycles. The minimum atomic E-state index is -1.29. The van der Waals surface area contributed by atoms with Gasteiger partial charge in [0, 0.05) is 49.8 Å². The lowest BCUT2D eigenvalue weighted by Crippen LogP contribution is -2.84. The molecule has 7 rings (SSSR count). The van der Waals surface area contributed by atoms with E-state index in [0.717, 1.165) is 32.4 Å². The maximum atomic E-state index is 13.6. The second-order valence-corrected chi connectivity index (χ2v) is 13.6. The second kappa shape index (κ2) is 8.76. The Balaban J connectivity index is 1.44. The number of piperidine rings is 1. The first kappa shape index (κ1) is 26.9. The Morgan fingerprint density at radius 2 is 1.85 bits per heavy atom. The Morgan fingerprint density at radius 1 is 1.10 bits per heavy atom. The van der Waals surface area contributed by atoms with Crippen molar-refractivity contribution >= 4 is 11.9 Å². The summed E-state index contributed by atoms with van der Waals surface area (Å²) in [5.41, 5.74) is -2.80. The number of hydrogen-bond donors (Lipinski definition) is 2. The van der Waals surface area contributed by atoms with Gasteiger partial charge in [0.1, 0.15) is 12.2 Å². The number of ether oxygens (including phenoxy) is 3. The third-order valence-corrected chi connectivity index (χ3v) is 12.9. The van der Waals surface area contributed by atoms with E-state index in [1.165, 1.54) is 6.92 Å². The minimum Gasteiger partial charge on any atom is -0.461 e. The van der Waals surface area contributed by atoms with E-state index >= 15 is 0 Å². The van der Waals surface area contributed by atoms with Gasteiger partial charge in [-0.1, -0.05) is 32.0 Å². The summed E-state index contributed by atoms with van der Waals surface area (Å²) in [6.45, 7) is 7.28. The van der Waals surface area contributed by atoms with E-state index in [9.17, 15) is 19.8 Å². The van der Waals surface area contributed by atoms with E-state index in [-0.39, 0.29) is 35.9 Å². The van der Waals surface area contributed by atoms with Gasteiger partial charge in [0.15, 0.2) is 0 Å². The molecule has 8 heteroatoms. The molecule has 7 bridgehead atoms. The quantitative estimate of drug-likeness (QED) is 0.518. The van der Waals surface area contributed by atoms with Crippen molar-refractivity contribution in [1.82, 2.24) is 4.90 Å². The zero-order valence-corrected chi connectivity index (χ0v) is 24.0. The SMILES string of the molecule is CCN1C[C@]2(CC)C(O)CC(OC)C34[C@H]1[C@@H](C[C@@H]32)[C@H](OC(C)=O)C12CC[C@@H](C[C@]14O)C2OC(=O)c1ccccc1. The van der Waals surface area contributed by atoms with Crippen LogP contribution < -0.4 is 0 Å². The van der Waals surface area contributed by atoms with Crippen molar-refractivity contribution in [3.05, 3.63) is 35.9 Å². The molecule has 1 heterocycles. The number of nitrogens with zero attached hydrogens (tertiary/aromatic N) is 1. The molecule has 2 spiro atoms.